The van der Waals surface area contributed by atoms with Crippen LogP contribution in [0.2, 0.25) is 5.02 Å². The molecule has 0 saturated carbocycles. The summed E-state index contributed by atoms with van der Waals surface area (Å²) in [4.78, 5) is 27.3. The molecule has 3 rings (SSSR count). The zero-order valence-electron chi connectivity index (χ0n) is 18.9. The Balaban J connectivity index is 1.86. The third kappa shape index (κ3) is 5.34. The van der Waals surface area contributed by atoms with E-state index in [1.807, 2.05) is 30.0 Å². The summed E-state index contributed by atoms with van der Waals surface area (Å²) >= 11 is 6.17. The van der Waals surface area contributed by atoms with E-state index in [0.29, 0.717) is 35.4 Å². The Hall–Kier alpha value is -2.77. The summed E-state index contributed by atoms with van der Waals surface area (Å²) in [5.74, 6) is 0.745. The number of ether oxygens (including phenoxy) is 3. The van der Waals surface area contributed by atoms with E-state index >= 15 is 0 Å². The number of esters is 1. The minimum atomic E-state index is -0.316. The van der Waals surface area contributed by atoms with Crippen molar-refractivity contribution in [3.8, 4) is 11.5 Å². The number of halogens is 1. The van der Waals surface area contributed by atoms with Crippen molar-refractivity contribution in [2.45, 2.75) is 32.7 Å². The maximum atomic E-state index is 12.9. The van der Waals surface area contributed by atoms with Gasteiger partial charge in [0.25, 0.3) is 0 Å². The molecule has 0 spiro atoms. The second kappa shape index (κ2) is 10.7. The summed E-state index contributed by atoms with van der Waals surface area (Å²) in [6.07, 6.45) is 0.859. The van der Waals surface area contributed by atoms with Crippen molar-refractivity contribution in [3.05, 3.63) is 52.0 Å². The van der Waals surface area contributed by atoms with Crippen molar-refractivity contribution in [2.75, 3.05) is 39.2 Å². The van der Waals surface area contributed by atoms with Crippen LogP contribution in [-0.4, -0.2) is 50.7 Å². The third-order valence-corrected chi connectivity index (χ3v) is 6.08. The molecule has 1 aliphatic heterocycles. The number of fused-ring (bicyclic) bond motifs is 1. The minimum Gasteiger partial charge on any atom is -0.493 e. The van der Waals surface area contributed by atoms with Gasteiger partial charge in [-0.3, -0.25) is 14.5 Å². The van der Waals surface area contributed by atoms with Crippen LogP contribution in [0.3, 0.4) is 0 Å². The van der Waals surface area contributed by atoms with Gasteiger partial charge in [0, 0.05) is 23.3 Å². The molecule has 1 amide bonds. The molecule has 172 valence electrons. The van der Waals surface area contributed by atoms with Crippen LogP contribution in [0.1, 0.15) is 36.1 Å². The number of methoxy groups -OCH3 is 2. The summed E-state index contributed by atoms with van der Waals surface area (Å²) in [7, 11) is 3.17. The monoisotopic (exact) mass is 460 g/mol. The number of amides is 1. The van der Waals surface area contributed by atoms with Crippen LogP contribution in [-0.2, 0) is 20.7 Å². The van der Waals surface area contributed by atoms with Gasteiger partial charge in [-0.25, -0.2) is 0 Å². The van der Waals surface area contributed by atoms with Crippen LogP contribution in [0.25, 0.3) is 0 Å². The maximum Gasteiger partial charge on any atom is 0.307 e. The fourth-order valence-electron chi connectivity index (χ4n) is 4.00. The molecule has 2 aromatic carbocycles. The van der Waals surface area contributed by atoms with Gasteiger partial charge in [0.1, 0.15) is 0 Å². The fourth-order valence-corrected chi connectivity index (χ4v) is 4.18. The molecule has 0 aliphatic carbocycles. The second-order valence-electron chi connectivity index (χ2n) is 7.61. The van der Waals surface area contributed by atoms with Gasteiger partial charge in [0.15, 0.2) is 11.5 Å². The quantitative estimate of drug-likeness (QED) is 0.596. The lowest BCUT2D eigenvalue weighted by Gasteiger charge is -2.37. The standard InChI is InChI=1S/C24H29ClN2O5/c1-5-32-24(29)13-20-17-12-22(31-4)21(30-3)11-16(17)9-10-27(20)14-23(28)26-19-8-6-7-18(25)15(19)2/h6-8,11-12,20H,5,9-10,13-14H2,1-4H3,(H,26,28)/t20-/m1/s1. The SMILES string of the molecule is CCOC(=O)C[C@@H]1c2cc(OC)c(OC)cc2CCN1CC(=O)Nc1cccc(Cl)c1C. The van der Waals surface area contributed by atoms with Crippen LogP contribution in [0.15, 0.2) is 30.3 Å². The Morgan fingerprint density at radius 2 is 1.91 bits per heavy atom. The smallest absolute Gasteiger partial charge is 0.307 e. The first-order chi connectivity index (χ1) is 15.4. The van der Waals surface area contributed by atoms with Gasteiger partial charge in [0.05, 0.1) is 33.8 Å². The lowest BCUT2D eigenvalue weighted by molar-refractivity contribution is -0.145. The fraction of sp³-hybridized carbons (Fsp3) is 0.417. The first-order valence-corrected chi connectivity index (χ1v) is 10.9. The molecule has 2 aromatic rings. The number of nitrogens with zero attached hydrogens (tertiary/aromatic N) is 1. The van der Waals surface area contributed by atoms with Crippen molar-refractivity contribution >= 4 is 29.2 Å². The molecule has 1 heterocycles. The highest BCUT2D eigenvalue weighted by Gasteiger charge is 2.32. The Morgan fingerprint density at radius 1 is 1.19 bits per heavy atom. The maximum absolute atomic E-state index is 12.9. The number of hydrogen-bond donors (Lipinski definition) is 1. The number of carbonyl (C=O) groups excluding carboxylic acids is 2. The summed E-state index contributed by atoms with van der Waals surface area (Å²) in [5.41, 5.74) is 3.49. The second-order valence-corrected chi connectivity index (χ2v) is 8.02. The van der Waals surface area contributed by atoms with Gasteiger partial charge in [-0.05, 0) is 61.2 Å². The van der Waals surface area contributed by atoms with Crippen molar-refractivity contribution in [2.24, 2.45) is 0 Å². The normalized spacial score (nSPS) is 15.6. The van der Waals surface area contributed by atoms with E-state index < -0.39 is 0 Å². The van der Waals surface area contributed by atoms with Gasteiger partial charge in [-0.2, -0.15) is 0 Å². The number of benzene rings is 2. The van der Waals surface area contributed by atoms with Crippen molar-refractivity contribution < 1.29 is 23.8 Å². The Labute approximate surface area is 193 Å². The first-order valence-electron chi connectivity index (χ1n) is 10.6. The zero-order valence-corrected chi connectivity index (χ0v) is 19.6. The summed E-state index contributed by atoms with van der Waals surface area (Å²) in [6, 6.07) is 8.92. The molecule has 0 bridgehead atoms. The van der Waals surface area contributed by atoms with Crippen LogP contribution >= 0.6 is 11.6 Å². The Kier molecular flexibility index (Phi) is 7.99. The number of anilines is 1. The Morgan fingerprint density at radius 3 is 2.59 bits per heavy atom. The first kappa shape index (κ1) is 23.9. The third-order valence-electron chi connectivity index (χ3n) is 5.67. The molecule has 0 saturated heterocycles. The van der Waals surface area contributed by atoms with E-state index in [-0.39, 0.29) is 30.9 Å². The summed E-state index contributed by atoms with van der Waals surface area (Å²) < 4.78 is 16.1. The van der Waals surface area contributed by atoms with E-state index in [1.165, 1.54) is 0 Å². The molecule has 0 aromatic heterocycles. The predicted octanol–water partition coefficient (Wildman–Crippen LogP) is 4.16. The van der Waals surface area contributed by atoms with Crippen molar-refractivity contribution in [1.29, 1.82) is 0 Å². The molecular weight excluding hydrogens is 432 g/mol. The highest BCUT2D eigenvalue weighted by molar-refractivity contribution is 6.31. The van der Waals surface area contributed by atoms with E-state index in [2.05, 4.69) is 5.32 Å². The Bertz CT molecular complexity index is 995. The molecule has 0 unspecified atom stereocenters. The number of carbonyl (C=O) groups is 2. The van der Waals surface area contributed by atoms with Crippen molar-refractivity contribution in [3.63, 3.8) is 0 Å². The molecule has 0 fully saturated rings. The average molecular weight is 461 g/mol. The zero-order chi connectivity index (χ0) is 23.3. The van der Waals surface area contributed by atoms with Gasteiger partial charge in [-0.1, -0.05) is 17.7 Å². The molecule has 1 N–H and O–H groups in total. The summed E-state index contributed by atoms with van der Waals surface area (Å²) in [6.45, 7) is 4.69. The topological polar surface area (TPSA) is 77.1 Å². The van der Waals surface area contributed by atoms with Gasteiger partial charge < -0.3 is 19.5 Å². The summed E-state index contributed by atoms with van der Waals surface area (Å²) in [5, 5.41) is 3.53. The predicted molar refractivity (Wildman–Crippen MR) is 124 cm³/mol. The van der Waals surface area contributed by atoms with E-state index in [4.69, 9.17) is 25.8 Å². The largest absolute Gasteiger partial charge is 0.493 e. The van der Waals surface area contributed by atoms with Crippen molar-refractivity contribution in [1.82, 2.24) is 4.90 Å². The van der Waals surface area contributed by atoms with Gasteiger partial charge >= 0.3 is 5.97 Å². The average Bonchev–Trinajstić information content (AvgIpc) is 2.77. The minimum absolute atomic E-state index is 0.129. The lowest BCUT2D eigenvalue weighted by atomic mass is 9.90. The number of rotatable bonds is 8. The van der Waals surface area contributed by atoms with E-state index in [0.717, 1.165) is 23.1 Å². The number of hydrogen-bond acceptors (Lipinski definition) is 6. The van der Waals surface area contributed by atoms with Crippen LogP contribution in [0.5, 0.6) is 11.5 Å². The molecule has 0 radical (unpaired) electrons. The van der Waals surface area contributed by atoms with Crippen LogP contribution < -0.4 is 14.8 Å². The molecule has 8 heteroatoms. The number of nitrogens with one attached hydrogen (secondary N) is 1. The lowest BCUT2D eigenvalue weighted by Crippen LogP contribution is -2.41. The molecule has 1 aliphatic rings. The van der Waals surface area contributed by atoms with Crippen LogP contribution in [0, 0.1) is 6.92 Å². The van der Waals surface area contributed by atoms with Gasteiger partial charge in [-0.15, -0.1) is 0 Å². The molecule has 32 heavy (non-hydrogen) atoms. The van der Waals surface area contributed by atoms with E-state index in [9.17, 15) is 9.59 Å². The van der Waals surface area contributed by atoms with Gasteiger partial charge in [0.2, 0.25) is 5.91 Å². The molecular formula is C24H29ClN2O5. The molecule has 1 atom stereocenters. The molecule has 7 nitrogen and oxygen atoms in total. The highest BCUT2D eigenvalue weighted by atomic mass is 35.5. The van der Waals surface area contributed by atoms with Crippen LogP contribution in [0.4, 0.5) is 5.69 Å². The van der Waals surface area contributed by atoms with E-state index in [1.54, 1.807) is 33.3 Å². The highest BCUT2D eigenvalue weighted by Crippen LogP contribution is 2.39.